The van der Waals surface area contributed by atoms with Crippen molar-refractivity contribution in [3.63, 3.8) is 0 Å². The van der Waals surface area contributed by atoms with Crippen molar-refractivity contribution in [3.05, 3.63) is 58.6 Å². The van der Waals surface area contributed by atoms with Crippen molar-refractivity contribution in [2.75, 3.05) is 11.9 Å². The van der Waals surface area contributed by atoms with Crippen molar-refractivity contribution in [1.29, 1.82) is 0 Å². The zero-order chi connectivity index (χ0) is 16.8. The topological polar surface area (TPSA) is 38.3 Å². The van der Waals surface area contributed by atoms with Crippen LogP contribution < -0.4 is 10.1 Å². The lowest BCUT2D eigenvalue weighted by Crippen LogP contribution is -2.21. The fraction of sp³-hybridized carbons (Fsp3) is 0.316. The number of rotatable bonds is 6. The molecule has 122 valence electrons. The standard InChI is InChI=1S/C19H22ClNO2/c1-4-13(2)16-7-5-6-8-18(16)21-19(22)12-23-15-9-10-17(20)14(3)11-15/h5-11,13H,4,12H2,1-3H3,(H,21,22). The van der Waals surface area contributed by atoms with E-state index >= 15 is 0 Å². The first kappa shape index (κ1) is 17.4. The van der Waals surface area contributed by atoms with Crippen LogP contribution in [-0.4, -0.2) is 12.5 Å². The van der Waals surface area contributed by atoms with Crippen molar-refractivity contribution in [2.24, 2.45) is 0 Å². The Morgan fingerprint density at radius 3 is 2.70 bits per heavy atom. The number of carbonyl (C=O) groups is 1. The summed E-state index contributed by atoms with van der Waals surface area (Å²) in [7, 11) is 0. The fourth-order valence-corrected chi connectivity index (χ4v) is 2.42. The summed E-state index contributed by atoms with van der Waals surface area (Å²) in [6.07, 6.45) is 1.02. The normalized spacial score (nSPS) is 11.8. The molecule has 4 heteroatoms. The lowest BCUT2D eigenvalue weighted by molar-refractivity contribution is -0.118. The van der Waals surface area contributed by atoms with E-state index in [0.717, 1.165) is 23.2 Å². The van der Waals surface area contributed by atoms with Crippen molar-refractivity contribution in [1.82, 2.24) is 0 Å². The zero-order valence-electron chi connectivity index (χ0n) is 13.7. The van der Waals surface area contributed by atoms with E-state index in [4.69, 9.17) is 16.3 Å². The van der Waals surface area contributed by atoms with Crippen LogP contribution in [0, 0.1) is 6.92 Å². The van der Waals surface area contributed by atoms with Crippen molar-refractivity contribution < 1.29 is 9.53 Å². The molecule has 0 saturated heterocycles. The Morgan fingerprint density at radius 2 is 2.00 bits per heavy atom. The Labute approximate surface area is 142 Å². The molecule has 0 bridgehead atoms. The predicted octanol–water partition coefficient (Wildman–Crippen LogP) is 5.18. The highest BCUT2D eigenvalue weighted by Gasteiger charge is 2.11. The molecular weight excluding hydrogens is 310 g/mol. The third kappa shape index (κ3) is 4.73. The molecule has 0 saturated carbocycles. The average molecular weight is 332 g/mol. The summed E-state index contributed by atoms with van der Waals surface area (Å²) in [5.41, 5.74) is 2.92. The zero-order valence-corrected chi connectivity index (χ0v) is 14.5. The van der Waals surface area contributed by atoms with E-state index in [2.05, 4.69) is 19.2 Å². The number of para-hydroxylation sites is 1. The van der Waals surface area contributed by atoms with Gasteiger partial charge < -0.3 is 10.1 Å². The molecule has 23 heavy (non-hydrogen) atoms. The second kappa shape index (κ2) is 8.02. The Kier molecular flexibility index (Phi) is 6.05. The van der Waals surface area contributed by atoms with Crippen LogP contribution in [0.3, 0.4) is 0 Å². The minimum atomic E-state index is -0.173. The number of nitrogens with one attached hydrogen (secondary N) is 1. The van der Waals surface area contributed by atoms with Crippen LogP contribution in [0.4, 0.5) is 5.69 Å². The number of carbonyl (C=O) groups excluding carboxylic acids is 1. The second-order valence-electron chi connectivity index (χ2n) is 5.64. The molecule has 0 aromatic heterocycles. The van der Waals surface area contributed by atoms with Crippen LogP contribution in [0.1, 0.15) is 37.3 Å². The molecule has 2 rings (SSSR count). The van der Waals surface area contributed by atoms with Gasteiger partial charge in [-0.1, -0.05) is 43.6 Å². The van der Waals surface area contributed by atoms with Gasteiger partial charge in [0, 0.05) is 10.7 Å². The smallest absolute Gasteiger partial charge is 0.262 e. The molecule has 1 amide bonds. The fourth-order valence-electron chi connectivity index (χ4n) is 2.30. The minimum absolute atomic E-state index is 0.0318. The summed E-state index contributed by atoms with van der Waals surface area (Å²) in [4.78, 5) is 12.1. The first-order valence-corrected chi connectivity index (χ1v) is 8.16. The van der Waals surface area contributed by atoms with E-state index in [1.807, 2.05) is 37.3 Å². The summed E-state index contributed by atoms with van der Waals surface area (Å²) < 4.78 is 5.53. The number of anilines is 1. The number of hydrogen-bond donors (Lipinski definition) is 1. The van der Waals surface area contributed by atoms with Gasteiger partial charge in [-0.3, -0.25) is 4.79 Å². The molecule has 0 heterocycles. The van der Waals surface area contributed by atoms with Gasteiger partial charge in [0.1, 0.15) is 5.75 Å². The molecule has 0 radical (unpaired) electrons. The summed E-state index contributed by atoms with van der Waals surface area (Å²) in [5, 5.41) is 3.62. The molecule has 3 nitrogen and oxygen atoms in total. The maximum Gasteiger partial charge on any atom is 0.262 e. The summed E-state index contributed by atoms with van der Waals surface area (Å²) in [6, 6.07) is 13.2. The lowest BCUT2D eigenvalue weighted by atomic mass is 9.97. The van der Waals surface area contributed by atoms with Crippen molar-refractivity contribution in [2.45, 2.75) is 33.1 Å². The summed E-state index contributed by atoms with van der Waals surface area (Å²) in [6.45, 7) is 6.15. The molecule has 2 aromatic rings. The SMILES string of the molecule is CCC(C)c1ccccc1NC(=O)COc1ccc(Cl)c(C)c1. The van der Waals surface area contributed by atoms with Gasteiger partial charge in [0.15, 0.2) is 6.61 Å². The van der Waals surface area contributed by atoms with Gasteiger partial charge in [0.05, 0.1) is 0 Å². The minimum Gasteiger partial charge on any atom is -0.484 e. The number of amides is 1. The highest BCUT2D eigenvalue weighted by atomic mass is 35.5. The Balaban J connectivity index is 1.98. The van der Waals surface area contributed by atoms with Crippen LogP contribution in [0.25, 0.3) is 0 Å². The first-order valence-electron chi connectivity index (χ1n) is 7.79. The first-order chi connectivity index (χ1) is 11.0. The van der Waals surface area contributed by atoms with Gasteiger partial charge >= 0.3 is 0 Å². The quantitative estimate of drug-likeness (QED) is 0.792. The molecule has 0 aliphatic rings. The van der Waals surface area contributed by atoms with E-state index in [1.165, 1.54) is 0 Å². The largest absolute Gasteiger partial charge is 0.484 e. The molecule has 1 unspecified atom stereocenters. The van der Waals surface area contributed by atoms with E-state index in [-0.39, 0.29) is 12.5 Å². The van der Waals surface area contributed by atoms with Crippen molar-refractivity contribution >= 4 is 23.2 Å². The van der Waals surface area contributed by atoms with Gasteiger partial charge in [-0.05, 0) is 54.7 Å². The molecule has 0 aliphatic carbocycles. The van der Waals surface area contributed by atoms with Crippen LogP contribution in [0.5, 0.6) is 5.75 Å². The Morgan fingerprint density at radius 1 is 1.26 bits per heavy atom. The van der Waals surface area contributed by atoms with E-state index in [0.29, 0.717) is 16.7 Å². The van der Waals surface area contributed by atoms with Crippen LogP contribution in [0.2, 0.25) is 5.02 Å². The maximum absolute atomic E-state index is 12.1. The van der Waals surface area contributed by atoms with Gasteiger partial charge in [-0.2, -0.15) is 0 Å². The number of halogens is 1. The summed E-state index contributed by atoms with van der Waals surface area (Å²) in [5.74, 6) is 0.858. The number of aryl methyl sites for hydroxylation is 1. The molecule has 0 spiro atoms. The van der Waals surface area contributed by atoms with Gasteiger partial charge in [0.2, 0.25) is 0 Å². The number of hydrogen-bond acceptors (Lipinski definition) is 2. The third-order valence-electron chi connectivity index (χ3n) is 3.88. The highest BCUT2D eigenvalue weighted by Crippen LogP contribution is 2.26. The van der Waals surface area contributed by atoms with Crippen LogP contribution in [0.15, 0.2) is 42.5 Å². The molecule has 0 fully saturated rings. The summed E-state index contributed by atoms with van der Waals surface area (Å²) >= 11 is 5.98. The van der Waals surface area contributed by atoms with Crippen LogP contribution >= 0.6 is 11.6 Å². The molecule has 1 atom stereocenters. The predicted molar refractivity (Wildman–Crippen MR) is 95.5 cm³/mol. The van der Waals surface area contributed by atoms with Gasteiger partial charge in [-0.25, -0.2) is 0 Å². The van der Waals surface area contributed by atoms with Crippen LogP contribution in [-0.2, 0) is 4.79 Å². The maximum atomic E-state index is 12.1. The highest BCUT2D eigenvalue weighted by molar-refractivity contribution is 6.31. The molecular formula is C19H22ClNO2. The molecule has 0 aliphatic heterocycles. The third-order valence-corrected chi connectivity index (χ3v) is 4.30. The number of ether oxygens (including phenoxy) is 1. The van der Waals surface area contributed by atoms with E-state index in [1.54, 1.807) is 12.1 Å². The Bertz CT molecular complexity index is 685. The van der Waals surface area contributed by atoms with Gasteiger partial charge in [0.25, 0.3) is 5.91 Å². The monoisotopic (exact) mass is 331 g/mol. The average Bonchev–Trinajstić information content (AvgIpc) is 2.55. The second-order valence-corrected chi connectivity index (χ2v) is 6.05. The van der Waals surface area contributed by atoms with E-state index < -0.39 is 0 Å². The van der Waals surface area contributed by atoms with Gasteiger partial charge in [-0.15, -0.1) is 0 Å². The van der Waals surface area contributed by atoms with E-state index in [9.17, 15) is 4.79 Å². The van der Waals surface area contributed by atoms with Crippen molar-refractivity contribution in [3.8, 4) is 5.75 Å². The number of benzene rings is 2. The molecule has 1 N–H and O–H groups in total. The molecule has 2 aromatic carbocycles. The Hall–Kier alpha value is -2.00. The lowest BCUT2D eigenvalue weighted by Gasteiger charge is -2.16.